The molecule has 0 aliphatic heterocycles. The molecule has 1 unspecified atom stereocenters. The Morgan fingerprint density at radius 2 is 2.00 bits per heavy atom. The summed E-state index contributed by atoms with van der Waals surface area (Å²) in [5.74, 6) is 2.06. The molecule has 0 saturated heterocycles. The Hall–Kier alpha value is -2.95. The molecule has 0 saturated carbocycles. The summed E-state index contributed by atoms with van der Waals surface area (Å²) in [5.41, 5.74) is 5.46. The number of aromatic nitrogens is 1. The van der Waals surface area contributed by atoms with Crippen LogP contribution in [0.25, 0.3) is 10.9 Å². The summed E-state index contributed by atoms with van der Waals surface area (Å²) >= 11 is 0. The molecule has 1 aliphatic carbocycles. The third-order valence-electron chi connectivity index (χ3n) is 5.86. The van der Waals surface area contributed by atoms with Gasteiger partial charge in [-0.2, -0.15) is 0 Å². The van der Waals surface area contributed by atoms with Gasteiger partial charge < -0.3 is 19.8 Å². The summed E-state index contributed by atoms with van der Waals surface area (Å²) in [4.78, 5) is 16.4. The zero-order valence-electron chi connectivity index (χ0n) is 17.3. The second kappa shape index (κ2) is 8.19. The van der Waals surface area contributed by atoms with E-state index in [1.165, 1.54) is 23.1 Å². The number of benzene rings is 2. The van der Waals surface area contributed by atoms with E-state index in [0.717, 1.165) is 35.9 Å². The summed E-state index contributed by atoms with van der Waals surface area (Å²) in [6, 6.07) is 11.9. The lowest BCUT2D eigenvalue weighted by molar-refractivity contribution is 0.0955. The first kappa shape index (κ1) is 19.4. The molecule has 29 heavy (non-hydrogen) atoms. The SMILES string of the molecule is COc1ccc(CCNC(=O)c2cccc3c4c([nH]c23)CCC(C)C4)cc1OC. The molecular weight excluding hydrogens is 364 g/mol. The highest BCUT2D eigenvalue weighted by molar-refractivity contribution is 6.06. The summed E-state index contributed by atoms with van der Waals surface area (Å²) in [6.07, 6.45) is 4.07. The maximum atomic E-state index is 12.9. The van der Waals surface area contributed by atoms with E-state index in [2.05, 4.69) is 23.3 Å². The van der Waals surface area contributed by atoms with Crippen molar-refractivity contribution < 1.29 is 14.3 Å². The molecule has 0 bridgehead atoms. The molecule has 2 N–H and O–H groups in total. The number of nitrogens with one attached hydrogen (secondary N) is 2. The number of carbonyl (C=O) groups excluding carboxylic acids is 1. The van der Waals surface area contributed by atoms with E-state index < -0.39 is 0 Å². The predicted octanol–water partition coefficient (Wildman–Crippen LogP) is 4.28. The van der Waals surface area contributed by atoms with Gasteiger partial charge in [0.25, 0.3) is 5.91 Å². The number of para-hydroxylation sites is 1. The van der Waals surface area contributed by atoms with Crippen LogP contribution in [0.4, 0.5) is 0 Å². The van der Waals surface area contributed by atoms with E-state index in [4.69, 9.17) is 9.47 Å². The zero-order chi connectivity index (χ0) is 20.4. The number of aryl methyl sites for hydroxylation is 1. The minimum Gasteiger partial charge on any atom is -0.493 e. The molecule has 1 heterocycles. The average Bonchev–Trinajstić information content (AvgIpc) is 3.11. The van der Waals surface area contributed by atoms with E-state index in [-0.39, 0.29) is 5.91 Å². The molecule has 152 valence electrons. The molecule has 0 spiro atoms. The van der Waals surface area contributed by atoms with Crippen LogP contribution in [0.3, 0.4) is 0 Å². The lowest BCUT2D eigenvalue weighted by Gasteiger charge is -2.17. The first-order chi connectivity index (χ1) is 14.1. The number of H-pyrrole nitrogens is 1. The number of methoxy groups -OCH3 is 2. The minimum atomic E-state index is -0.0391. The number of hydrogen-bond acceptors (Lipinski definition) is 3. The number of ether oxygens (including phenoxy) is 2. The number of carbonyl (C=O) groups is 1. The first-order valence-electron chi connectivity index (χ1n) is 10.2. The highest BCUT2D eigenvalue weighted by Gasteiger charge is 2.22. The molecule has 0 fully saturated rings. The van der Waals surface area contributed by atoms with Crippen molar-refractivity contribution in [3.8, 4) is 11.5 Å². The van der Waals surface area contributed by atoms with E-state index in [1.54, 1.807) is 14.2 Å². The lowest BCUT2D eigenvalue weighted by Crippen LogP contribution is -2.26. The minimum absolute atomic E-state index is 0.0391. The summed E-state index contributed by atoms with van der Waals surface area (Å²) < 4.78 is 10.6. The largest absolute Gasteiger partial charge is 0.493 e. The Labute approximate surface area is 171 Å². The third-order valence-corrected chi connectivity index (χ3v) is 5.86. The molecular formula is C24H28N2O3. The maximum absolute atomic E-state index is 12.9. The second-order valence-electron chi connectivity index (χ2n) is 7.85. The molecule has 1 amide bonds. The van der Waals surface area contributed by atoms with Crippen LogP contribution in [-0.4, -0.2) is 31.7 Å². The van der Waals surface area contributed by atoms with Gasteiger partial charge >= 0.3 is 0 Å². The smallest absolute Gasteiger partial charge is 0.253 e. The van der Waals surface area contributed by atoms with Crippen molar-refractivity contribution in [2.24, 2.45) is 5.92 Å². The van der Waals surface area contributed by atoms with Gasteiger partial charge in [0, 0.05) is 17.6 Å². The molecule has 2 aromatic carbocycles. The fourth-order valence-corrected chi connectivity index (χ4v) is 4.26. The van der Waals surface area contributed by atoms with Crippen LogP contribution < -0.4 is 14.8 Å². The van der Waals surface area contributed by atoms with Crippen molar-refractivity contribution in [3.63, 3.8) is 0 Å². The van der Waals surface area contributed by atoms with Crippen molar-refractivity contribution in [1.82, 2.24) is 10.3 Å². The van der Waals surface area contributed by atoms with Crippen molar-refractivity contribution >= 4 is 16.8 Å². The topological polar surface area (TPSA) is 63.3 Å². The van der Waals surface area contributed by atoms with Crippen LogP contribution in [0.2, 0.25) is 0 Å². The van der Waals surface area contributed by atoms with Gasteiger partial charge in [0.05, 0.1) is 25.3 Å². The van der Waals surface area contributed by atoms with Gasteiger partial charge in [0.15, 0.2) is 11.5 Å². The van der Waals surface area contributed by atoms with Gasteiger partial charge in [-0.25, -0.2) is 0 Å². The molecule has 1 aliphatic rings. The summed E-state index contributed by atoms with van der Waals surface area (Å²) in [6.45, 7) is 2.86. The third kappa shape index (κ3) is 3.82. The normalized spacial score (nSPS) is 15.8. The molecule has 5 heteroatoms. The van der Waals surface area contributed by atoms with E-state index in [1.807, 2.05) is 30.3 Å². The van der Waals surface area contributed by atoms with Gasteiger partial charge in [-0.05, 0) is 60.9 Å². The zero-order valence-corrected chi connectivity index (χ0v) is 17.3. The number of fused-ring (bicyclic) bond motifs is 3. The first-order valence-corrected chi connectivity index (χ1v) is 10.2. The van der Waals surface area contributed by atoms with Crippen LogP contribution in [0, 0.1) is 5.92 Å². The Morgan fingerprint density at radius 1 is 1.17 bits per heavy atom. The van der Waals surface area contributed by atoms with Gasteiger partial charge in [-0.3, -0.25) is 4.79 Å². The highest BCUT2D eigenvalue weighted by atomic mass is 16.5. The Kier molecular flexibility index (Phi) is 5.47. The van der Waals surface area contributed by atoms with Crippen LogP contribution in [0.1, 0.15) is 40.5 Å². The van der Waals surface area contributed by atoms with Crippen LogP contribution in [-0.2, 0) is 19.3 Å². The van der Waals surface area contributed by atoms with Crippen molar-refractivity contribution in [2.45, 2.75) is 32.6 Å². The van der Waals surface area contributed by atoms with Crippen molar-refractivity contribution in [1.29, 1.82) is 0 Å². The van der Waals surface area contributed by atoms with E-state index in [9.17, 15) is 4.79 Å². The second-order valence-corrected chi connectivity index (χ2v) is 7.85. The predicted molar refractivity (Wildman–Crippen MR) is 115 cm³/mol. The van der Waals surface area contributed by atoms with Gasteiger partial charge in [-0.1, -0.05) is 25.1 Å². The van der Waals surface area contributed by atoms with Crippen LogP contribution >= 0.6 is 0 Å². The summed E-state index contributed by atoms with van der Waals surface area (Å²) in [5, 5.41) is 4.26. The monoisotopic (exact) mass is 392 g/mol. The van der Waals surface area contributed by atoms with E-state index in [0.29, 0.717) is 24.0 Å². The van der Waals surface area contributed by atoms with Crippen LogP contribution in [0.15, 0.2) is 36.4 Å². The summed E-state index contributed by atoms with van der Waals surface area (Å²) in [7, 11) is 3.25. The van der Waals surface area contributed by atoms with Crippen molar-refractivity contribution in [2.75, 3.05) is 20.8 Å². The molecule has 3 aromatic rings. The van der Waals surface area contributed by atoms with Crippen molar-refractivity contribution in [3.05, 3.63) is 58.8 Å². The number of hydrogen-bond donors (Lipinski definition) is 2. The molecule has 5 nitrogen and oxygen atoms in total. The average molecular weight is 392 g/mol. The van der Waals surface area contributed by atoms with Gasteiger partial charge in [0.1, 0.15) is 0 Å². The Bertz CT molecular complexity index is 1040. The molecule has 1 atom stereocenters. The number of rotatable bonds is 6. The molecule has 1 aromatic heterocycles. The number of aromatic amines is 1. The van der Waals surface area contributed by atoms with Crippen LogP contribution in [0.5, 0.6) is 11.5 Å². The standard InChI is InChI=1S/C24H28N2O3/c1-15-7-9-20-19(13-15)17-5-4-6-18(23(17)26-20)24(27)25-12-11-16-8-10-21(28-2)22(14-16)29-3/h4-6,8,10,14-15,26H,7,9,11-13H2,1-3H3,(H,25,27). The Morgan fingerprint density at radius 3 is 2.79 bits per heavy atom. The fourth-order valence-electron chi connectivity index (χ4n) is 4.26. The molecule has 0 radical (unpaired) electrons. The number of amides is 1. The quantitative estimate of drug-likeness (QED) is 0.658. The highest BCUT2D eigenvalue weighted by Crippen LogP contribution is 2.33. The van der Waals surface area contributed by atoms with Gasteiger partial charge in [-0.15, -0.1) is 0 Å². The fraction of sp³-hybridized carbons (Fsp3) is 0.375. The molecule has 4 rings (SSSR count). The van der Waals surface area contributed by atoms with E-state index >= 15 is 0 Å². The maximum Gasteiger partial charge on any atom is 0.253 e. The van der Waals surface area contributed by atoms with Gasteiger partial charge in [0.2, 0.25) is 0 Å². The Balaban J connectivity index is 1.47. The lowest BCUT2D eigenvalue weighted by atomic mass is 9.87.